The molecule has 2 aromatic heterocycles. The van der Waals surface area contributed by atoms with Crippen LogP contribution in [0.25, 0.3) is 5.52 Å². The maximum Gasteiger partial charge on any atom is 0.342 e. The molecule has 2 saturated heterocycles. The Bertz CT molecular complexity index is 710. The van der Waals surface area contributed by atoms with Gasteiger partial charge in [0.2, 0.25) is 0 Å². The predicted molar refractivity (Wildman–Crippen MR) is 82.9 cm³/mol. The summed E-state index contributed by atoms with van der Waals surface area (Å²) < 4.78 is 7.55. The van der Waals surface area contributed by atoms with E-state index in [0.29, 0.717) is 17.6 Å². The van der Waals surface area contributed by atoms with Gasteiger partial charge >= 0.3 is 5.97 Å². The monoisotopic (exact) mass is 299 g/mol. The van der Waals surface area contributed by atoms with Crippen molar-refractivity contribution in [1.82, 2.24) is 14.5 Å². The van der Waals surface area contributed by atoms with Gasteiger partial charge in [-0.25, -0.2) is 9.31 Å². The van der Waals surface area contributed by atoms with Crippen LogP contribution >= 0.6 is 0 Å². The first-order valence-corrected chi connectivity index (χ1v) is 7.99. The van der Waals surface area contributed by atoms with E-state index in [4.69, 9.17) is 4.74 Å². The van der Waals surface area contributed by atoms with Crippen molar-refractivity contribution in [3.63, 3.8) is 0 Å². The van der Waals surface area contributed by atoms with Gasteiger partial charge in [-0.15, -0.1) is 0 Å². The van der Waals surface area contributed by atoms with Gasteiger partial charge in [-0.05, 0) is 38.4 Å². The third-order valence-electron chi connectivity index (χ3n) is 5.29. The van der Waals surface area contributed by atoms with E-state index in [1.54, 1.807) is 10.7 Å². The third kappa shape index (κ3) is 2.11. The molecule has 4 rings (SSSR count). The van der Waals surface area contributed by atoms with Crippen molar-refractivity contribution in [2.75, 3.05) is 7.05 Å². The summed E-state index contributed by atoms with van der Waals surface area (Å²) in [6, 6.07) is 5.06. The standard InChI is InChI=1S/C17H21N3O2/c1-11-4-3-7-20-16(11)15(10-18-20)17(21)22-14-8-12-5-6-13(9-14)19(12)2/h3-4,7,10,12-14H,5-6,8-9H2,1-2H3/t12-,13+,14+. The Balaban J connectivity index is 1.55. The first kappa shape index (κ1) is 13.8. The van der Waals surface area contributed by atoms with Crippen LogP contribution in [0.2, 0.25) is 0 Å². The molecule has 0 aliphatic carbocycles. The van der Waals surface area contributed by atoms with Crippen molar-refractivity contribution in [1.29, 1.82) is 0 Å². The van der Waals surface area contributed by atoms with Crippen LogP contribution in [0.4, 0.5) is 0 Å². The second kappa shape index (κ2) is 5.09. The summed E-state index contributed by atoms with van der Waals surface area (Å²) in [5, 5.41) is 4.26. The van der Waals surface area contributed by atoms with E-state index in [-0.39, 0.29) is 12.1 Å². The van der Waals surface area contributed by atoms with Gasteiger partial charge in [0, 0.05) is 31.1 Å². The van der Waals surface area contributed by atoms with Gasteiger partial charge < -0.3 is 9.64 Å². The highest BCUT2D eigenvalue weighted by Crippen LogP contribution is 2.35. The molecular formula is C17H21N3O2. The fourth-order valence-electron chi connectivity index (χ4n) is 4.04. The summed E-state index contributed by atoms with van der Waals surface area (Å²) in [5.41, 5.74) is 2.46. The molecule has 0 unspecified atom stereocenters. The summed E-state index contributed by atoms with van der Waals surface area (Å²) in [4.78, 5) is 15.0. The molecule has 4 heterocycles. The summed E-state index contributed by atoms with van der Waals surface area (Å²) in [6.07, 6.45) is 7.88. The fraction of sp³-hybridized carbons (Fsp3) is 0.529. The molecule has 0 radical (unpaired) electrons. The Morgan fingerprint density at radius 3 is 2.77 bits per heavy atom. The molecule has 116 valence electrons. The van der Waals surface area contributed by atoms with Crippen LogP contribution in [-0.2, 0) is 4.74 Å². The van der Waals surface area contributed by atoms with E-state index in [0.717, 1.165) is 23.9 Å². The minimum absolute atomic E-state index is 0.0418. The normalized spacial score (nSPS) is 28.2. The summed E-state index contributed by atoms with van der Waals surface area (Å²) in [7, 11) is 2.19. The number of aryl methyl sites for hydroxylation is 1. The highest BCUT2D eigenvalue weighted by molar-refractivity contribution is 5.97. The quantitative estimate of drug-likeness (QED) is 0.799. The number of hydrogen-bond acceptors (Lipinski definition) is 4. The van der Waals surface area contributed by atoms with Crippen molar-refractivity contribution >= 4 is 11.5 Å². The molecule has 22 heavy (non-hydrogen) atoms. The Morgan fingerprint density at radius 2 is 2.05 bits per heavy atom. The molecule has 2 aromatic rings. The average Bonchev–Trinajstić information content (AvgIpc) is 2.99. The number of piperidine rings is 1. The highest BCUT2D eigenvalue weighted by atomic mass is 16.5. The van der Waals surface area contributed by atoms with Crippen LogP contribution in [-0.4, -0.2) is 45.7 Å². The number of hydrogen-bond donors (Lipinski definition) is 0. The highest BCUT2D eigenvalue weighted by Gasteiger charge is 2.40. The Kier molecular flexibility index (Phi) is 3.18. The van der Waals surface area contributed by atoms with Crippen LogP contribution in [0, 0.1) is 6.92 Å². The second-order valence-electron chi connectivity index (χ2n) is 6.59. The molecule has 3 atom stereocenters. The Hall–Kier alpha value is -1.88. The van der Waals surface area contributed by atoms with Crippen LogP contribution in [0.3, 0.4) is 0 Å². The third-order valence-corrected chi connectivity index (χ3v) is 5.29. The van der Waals surface area contributed by atoms with Crippen molar-refractivity contribution in [2.45, 2.75) is 50.8 Å². The predicted octanol–water partition coefficient (Wildman–Crippen LogP) is 2.42. The van der Waals surface area contributed by atoms with Gasteiger partial charge in [0.05, 0.1) is 11.7 Å². The lowest BCUT2D eigenvalue weighted by atomic mass is 10.0. The lowest BCUT2D eigenvalue weighted by Gasteiger charge is -2.35. The maximum atomic E-state index is 12.6. The van der Waals surface area contributed by atoms with Crippen molar-refractivity contribution in [3.05, 3.63) is 35.7 Å². The molecule has 5 heteroatoms. The van der Waals surface area contributed by atoms with E-state index in [1.807, 2.05) is 25.3 Å². The molecular weight excluding hydrogens is 278 g/mol. The largest absolute Gasteiger partial charge is 0.459 e. The Morgan fingerprint density at radius 1 is 1.32 bits per heavy atom. The fourth-order valence-corrected chi connectivity index (χ4v) is 4.04. The number of ether oxygens (including phenoxy) is 1. The summed E-state index contributed by atoms with van der Waals surface area (Å²) in [5.74, 6) is -0.238. The number of aromatic nitrogens is 2. The van der Waals surface area contributed by atoms with Gasteiger partial charge in [0.1, 0.15) is 11.7 Å². The van der Waals surface area contributed by atoms with Crippen LogP contribution < -0.4 is 0 Å². The Labute approximate surface area is 129 Å². The molecule has 5 nitrogen and oxygen atoms in total. The molecule has 0 saturated carbocycles. The van der Waals surface area contributed by atoms with E-state index >= 15 is 0 Å². The molecule has 0 spiro atoms. The first-order chi connectivity index (χ1) is 10.6. The van der Waals surface area contributed by atoms with Gasteiger partial charge in [0.25, 0.3) is 0 Å². The van der Waals surface area contributed by atoms with Crippen molar-refractivity contribution in [2.24, 2.45) is 0 Å². The van der Waals surface area contributed by atoms with Gasteiger partial charge in [-0.1, -0.05) is 6.07 Å². The van der Waals surface area contributed by atoms with E-state index in [2.05, 4.69) is 17.0 Å². The lowest BCUT2D eigenvalue weighted by Crippen LogP contribution is -2.43. The van der Waals surface area contributed by atoms with Gasteiger partial charge in [-0.2, -0.15) is 5.10 Å². The molecule has 0 amide bonds. The molecule has 2 aliphatic rings. The topological polar surface area (TPSA) is 46.8 Å². The number of esters is 1. The summed E-state index contributed by atoms with van der Waals surface area (Å²) in [6.45, 7) is 1.99. The number of carbonyl (C=O) groups excluding carboxylic acids is 1. The van der Waals surface area contributed by atoms with Crippen LogP contribution in [0.1, 0.15) is 41.6 Å². The van der Waals surface area contributed by atoms with Crippen LogP contribution in [0.15, 0.2) is 24.5 Å². The zero-order valence-corrected chi connectivity index (χ0v) is 13.0. The van der Waals surface area contributed by atoms with E-state index in [1.165, 1.54) is 12.8 Å². The SMILES string of the molecule is Cc1cccn2ncc(C(=O)O[C@H]3C[C@H]4CC[C@@H](C3)N4C)c12. The molecule has 0 N–H and O–H groups in total. The van der Waals surface area contributed by atoms with Crippen molar-refractivity contribution < 1.29 is 9.53 Å². The minimum Gasteiger partial charge on any atom is -0.459 e. The van der Waals surface area contributed by atoms with E-state index < -0.39 is 0 Å². The molecule has 0 aromatic carbocycles. The second-order valence-corrected chi connectivity index (χ2v) is 6.59. The zero-order chi connectivity index (χ0) is 15.3. The zero-order valence-electron chi connectivity index (χ0n) is 13.0. The van der Waals surface area contributed by atoms with Crippen LogP contribution in [0.5, 0.6) is 0 Å². The smallest absolute Gasteiger partial charge is 0.342 e. The number of pyridine rings is 1. The molecule has 2 fully saturated rings. The minimum atomic E-state index is -0.238. The lowest BCUT2D eigenvalue weighted by molar-refractivity contribution is -0.000273. The van der Waals surface area contributed by atoms with Crippen molar-refractivity contribution in [3.8, 4) is 0 Å². The van der Waals surface area contributed by atoms with Gasteiger partial charge in [0.15, 0.2) is 0 Å². The number of nitrogens with zero attached hydrogens (tertiary/aromatic N) is 3. The summed E-state index contributed by atoms with van der Waals surface area (Å²) >= 11 is 0. The number of fused-ring (bicyclic) bond motifs is 3. The number of carbonyl (C=O) groups is 1. The molecule has 2 aliphatic heterocycles. The number of rotatable bonds is 2. The van der Waals surface area contributed by atoms with Gasteiger partial charge in [-0.3, -0.25) is 0 Å². The first-order valence-electron chi connectivity index (χ1n) is 7.99. The maximum absolute atomic E-state index is 12.6. The average molecular weight is 299 g/mol. The molecule has 2 bridgehead atoms. The van der Waals surface area contributed by atoms with E-state index in [9.17, 15) is 4.79 Å².